The van der Waals surface area contributed by atoms with Crippen molar-refractivity contribution in [3.8, 4) is 0 Å². The fourth-order valence-electron chi connectivity index (χ4n) is 3.63. The minimum atomic E-state index is -0.467. The maximum absolute atomic E-state index is 12.9. The number of furan rings is 1. The largest absolute Gasteiger partial charge is 0.472 e. The molecule has 1 spiro atoms. The van der Waals surface area contributed by atoms with Crippen molar-refractivity contribution in [3.63, 3.8) is 0 Å². The minimum Gasteiger partial charge on any atom is -0.472 e. The molecule has 2 fully saturated rings. The van der Waals surface area contributed by atoms with E-state index in [4.69, 9.17) is 9.15 Å². The average molecular weight is 346 g/mol. The van der Waals surface area contributed by atoms with Crippen LogP contribution >= 0.6 is 0 Å². The van der Waals surface area contributed by atoms with E-state index in [2.05, 4.69) is 15.3 Å². The molecule has 4 rings (SSSR count). The van der Waals surface area contributed by atoms with Gasteiger partial charge in [0.2, 0.25) is 5.95 Å². The number of hydrogen-bond acceptors (Lipinski definition) is 6. The lowest BCUT2D eigenvalue weighted by molar-refractivity contribution is -0.0447. The number of hydrogen-bond donors (Lipinski definition) is 1. The molecule has 8 heteroatoms. The van der Waals surface area contributed by atoms with Gasteiger partial charge in [-0.2, -0.15) is 0 Å². The van der Waals surface area contributed by atoms with E-state index >= 15 is 0 Å². The lowest BCUT2D eigenvalue weighted by Gasteiger charge is -2.39. The molecule has 25 heavy (non-hydrogen) atoms. The van der Waals surface area contributed by atoms with E-state index in [1.165, 1.54) is 12.5 Å². The molecule has 2 aromatic rings. The van der Waals surface area contributed by atoms with E-state index in [1.54, 1.807) is 6.07 Å². The molecule has 2 saturated heterocycles. The van der Waals surface area contributed by atoms with Crippen LogP contribution in [0.2, 0.25) is 0 Å². The number of likely N-dealkylation sites (tertiary alicyclic amines) is 1. The molecule has 2 atom stereocenters. The summed E-state index contributed by atoms with van der Waals surface area (Å²) in [5.41, 5.74) is 0.208. The van der Waals surface area contributed by atoms with Crippen molar-refractivity contribution in [3.05, 3.63) is 42.4 Å². The van der Waals surface area contributed by atoms with Gasteiger partial charge in [-0.05, 0) is 18.9 Å². The van der Waals surface area contributed by atoms with Crippen LogP contribution in [0.4, 0.5) is 10.3 Å². The molecular weight excluding hydrogens is 327 g/mol. The van der Waals surface area contributed by atoms with Crippen molar-refractivity contribution < 1.29 is 18.3 Å². The number of anilines is 1. The first-order chi connectivity index (χ1) is 12.1. The van der Waals surface area contributed by atoms with Crippen LogP contribution in [0, 0.1) is 5.82 Å². The van der Waals surface area contributed by atoms with Gasteiger partial charge in [0, 0.05) is 13.0 Å². The third-order valence-electron chi connectivity index (χ3n) is 4.76. The van der Waals surface area contributed by atoms with E-state index in [0.29, 0.717) is 31.2 Å². The molecule has 0 radical (unpaired) electrons. The molecule has 2 aromatic heterocycles. The Morgan fingerprint density at radius 2 is 2.24 bits per heavy atom. The maximum Gasteiger partial charge on any atom is 0.257 e. The number of carbonyl (C=O) groups excluding carboxylic acids is 1. The quantitative estimate of drug-likeness (QED) is 0.917. The van der Waals surface area contributed by atoms with Crippen LogP contribution in [0.5, 0.6) is 0 Å². The topological polar surface area (TPSA) is 80.5 Å². The van der Waals surface area contributed by atoms with Crippen molar-refractivity contribution in [2.45, 2.75) is 30.9 Å². The molecule has 0 unspecified atom stereocenters. The maximum atomic E-state index is 12.9. The Balaban J connectivity index is 1.40. The van der Waals surface area contributed by atoms with Gasteiger partial charge in [-0.25, -0.2) is 14.4 Å². The summed E-state index contributed by atoms with van der Waals surface area (Å²) < 4.78 is 24.0. The van der Waals surface area contributed by atoms with Crippen LogP contribution in [0.15, 0.2) is 35.4 Å². The van der Waals surface area contributed by atoms with E-state index in [1.807, 2.05) is 4.90 Å². The molecule has 1 amide bonds. The predicted octanol–water partition coefficient (Wildman–Crippen LogP) is 2.08. The molecule has 0 aliphatic carbocycles. The molecule has 0 bridgehead atoms. The molecule has 2 aliphatic heterocycles. The standard InChI is InChI=1S/C17H19FN4O3/c18-13-7-19-16(20-8-13)21-14-6-17(25-10-14)3-1-4-22(11-17)15(23)12-2-5-24-9-12/h2,5,7-9,14H,1,3-4,6,10-11H2,(H,19,20,21)/t14-,17+/m1/s1. The fraction of sp³-hybridized carbons (Fsp3) is 0.471. The van der Waals surface area contributed by atoms with E-state index < -0.39 is 5.82 Å². The lowest BCUT2D eigenvalue weighted by Crippen LogP contribution is -2.50. The summed E-state index contributed by atoms with van der Waals surface area (Å²) in [6.45, 7) is 1.78. The third kappa shape index (κ3) is 3.34. The van der Waals surface area contributed by atoms with Crippen molar-refractivity contribution in [2.24, 2.45) is 0 Å². The first kappa shape index (κ1) is 16.0. The normalized spacial score (nSPS) is 26.1. The predicted molar refractivity (Wildman–Crippen MR) is 86.5 cm³/mol. The Hall–Kier alpha value is -2.48. The van der Waals surface area contributed by atoms with Gasteiger partial charge in [0.25, 0.3) is 5.91 Å². The Morgan fingerprint density at radius 3 is 3.00 bits per heavy atom. The zero-order valence-electron chi connectivity index (χ0n) is 13.7. The highest BCUT2D eigenvalue weighted by Crippen LogP contribution is 2.36. The summed E-state index contributed by atoms with van der Waals surface area (Å²) in [5, 5.41) is 3.18. The van der Waals surface area contributed by atoms with E-state index in [-0.39, 0.29) is 17.6 Å². The van der Waals surface area contributed by atoms with Gasteiger partial charge in [0.15, 0.2) is 5.82 Å². The molecule has 7 nitrogen and oxygen atoms in total. The van der Waals surface area contributed by atoms with Crippen LogP contribution in [-0.2, 0) is 4.74 Å². The Bertz CT molecular complexity index is 737. The summed E-state index contributed by atoms with van der Waals surface area (Å²) in [5.74, 6) is -0.116. The van der Waals surface area contributed by atoms with E-state index in [0.717, 1.165) is 31.7 Å². The highest BCUT2D eigenvalue weighted by molar-refractivity contribution is 5.93. The third-order valence-corrected chi connectivity index (χ3v) is 4.76. The van der Waals surface area contributed by atoms with Crippen molar-refractivity contribution in [2.75, 3.05) is 25.0 Å². The molecule has 4 heterocycles. The molecule has 0 saturated carbocycles. The summed E-state index contributed by atoms with van der Waals surface area (Å²) in [7, 11) is 0. The van der Waals surface area contributed by atoms with Crippen molar-refractivity contribution >= 4 is 11.9 Å². The number of nitrogens with one attached hydrogen (secondary N) is 1. The molecule has 2 aliphatic rings. The van der Waals surface area contributed by atoms with Crippen molar-refractivity contribution in [1.29, 1.82) is 0 Å². The van der Waals surface area contributed by atoms with Gasteiger partial charge in [0.05, 0.1) is 49.0 Å². The molecular formula is C17H19FN4O3. The number of nitrogens with zero attached hydrogens (tertiary/aromatic N) is 3. The summed E-state index contributed by atoms with van der Waals surface area (Å²) in [4.78, 5) is 22.2. The van der Waals surface area contributed by atoms with Gasteiger partial charge in [-0.3, -0.25) is 4.79 Å². The Labute approximate surface area is 144 Å². The number of rotatable bonds is 3. The molecule has 1 N–H and O–H groups in total. The number of aromatic nitrogens is 2. The van der Waals surface area contributed by atoms with Crippen LogP contribution in [-0.4, -0.2) is 52.1 Å². The van der Waals surface area contributed by atoms with E-state index in [9.17, 15) is 9.18 Å². The minimum absolute atomic E-state index is 0.0327. The summed E-state index contributed by atoms with van der Waals surface area (Å²) in [6, 6.07) is 1.71. The second-order valence-corrected chi connectivity index (χ2v) is 6.61. The smallest absolute Gasteiger partial charge is 0.257 e. The number of amides is 1. The van der Waals surface area contributed by atoms with Crippen LogP contribution in [0.1, 0.15) is 29.6 Å². The number of halogens is 1. The first-order valence-electron chi connectivity index (χ1n) is 8.33. The lowest BCUT2D eigenvalue weighted by atomic mass is 9.88. The zero-order valence-corrected chi connectivity index (χ0v) is 13.7. The van der Waals surface area contributed by atoms with Gasteiger partial charge >= 0.3 is 0 Å². The molecule has 132 valence electrons. The Kier molecular flexibility index (Phi) is 4.12. The first-order valence-corrected chi connectivity index (χ1v) is 8.33. The van der Waals surface area contributed by atoms with Crippen molar-refractivity contribution in [1.82, 2.24) is 14.9 Å². The van der Waals surface area contributed by atoms with Gasteiger partial charge in [-0.1, -0.05) is 0 Å². The summed E-state index contributed by atoms with van der Waals surface area (Å²) in [6.07, 6.45) is 7.79. The van der Waals surface area contributed by atoms with Gasteiger partial charge in [0.1, 0.15) is 6.26 Å². The Morgan fingerprint density at radius 1 is 1.40 bits per heavy atom. The molecule has 0 aromatic carbocycles. The highest BCUT2D eigenvalue weighted by Gasteiger charge is 2.44. The van der Waals surface area contributed by atoms with Gasteiger partial charge in [-0.15, -0.1) is 0 Å². The van der Waals surface area contributed by atoms with Crippen LogP contribution in [0.3, 0.4) is 0 Å². The number of carbonyl (C=O) groups is 1. The fourth-order valence-corrected chi connectivity index (χ4v) is 3.63. The average Bonchev–Trinajstić information content (AvgIpc) is 3.27. The monoisotopic (exact) mass is 346 g/mol. The SMILES string of the molecule is O=C(c1ccoc1)N1CCC[C@]2(C[C@@H](Nc3ncc(F)cn3)CO2)C1. The van der Waals surface area contributed by atoms with Crippen LogP contribution < -0.4 is 5.32 Å². The highest BCUT2D eigenvalue weighted by atomic mass is 19.1. The van der Waals surface area contributed by atoms with Crippen LogP contribution in [0.25, 0.3) is 0 Å². The summed E-state index contributed by atoms with van der Waals surface area (Å²) >= 11 is 0. The number of ether oxygens (including phenoxy) is 1. The second kappa shape index (κ2) is 6.44. The second-order valence-electron chi connectivity index (χ2n) is 6.61. The number of piperidine rings is 1. The van der Waals surface area contributed by atoms with Gasteiger partial charge < -0.3 is 19.4 Å². The zero-order chi connectivity index (χ0) is 17.3.